The van der Waals surface area contributed by atoms with E-state index in [1.165, 1.54) is 10.8 Å². The maximum Gasteiger partial charge on any atom is 0.224 e. The summed E-state index contributed by atoms with van der Waals surface area (Å²) in [5.41, 5.74) is 6.81. The van der Waals surface area contributed by atoms with Gasteiger partial charge in [0.1, 0.15) is 12.4 Å². The largest absolute Gasteiger partial charge is 0.394 e. The molecule has 0 spiro atoms. The Labute approximate surface area is 102 Å². The number of aliphatic hydroxyl groups excluding tert-OH is 2. The number of hydrogen-bond acceptors (Lipinski definition) is 7. The Morgan fingerprint density at radius 3 is 3.06 bits per heavy atom. The first-order chi connectivity index (χ1) is 8.70. The van der Waals surface area contributed by atoms with Gasteiger partial charge in [0.2, 0.25) is 5.95 Å². The molecule has 1 saturated heterocycles. The molecule has 96 valence electrons. The van der Waals surface area contributed by atoms with E-state index in [0.717, 1.165) is 0 Å². The highest BCUT2D eigenvalue weighted by molar-refractivity contribution is 5.50. The van der Waals surface area contributed by atoms with E-state index in [0.29, 0.717) is 17.6 Å². The number of nitrogens with zero attached hydrogens (tertiary/aromatic N) is 4. The lowest BCUT2D eigenvalue weighted by Crippen LogP contribution is -2.12. The number of nitrogen functional groups attached to an aromatic ring is 1. The average Bonchev–Trinajstić information content (AvgIpc) is 2.93. The Morgan fingerprint density at radius 1 is 1.50 bits per heavy atom. The topological polar surface area (TPSA) is 119 Å². The summed E-state index contributed by atoms with van der Waals surface area (Å²) in [4.78, 5) is 7.91. The van der Waals surface area contributed by atoms with Crippen LogP contribution < -0.4 is 5.73 Å². The van der Waals surface area contributed by atoms with E-state index in [1.54, 1.807) is 6.20 Å². The Hall–Kier alpha value is -1.77. The van der Waals surface area contributed by atoms with Gasteiger partial charge in [0.25, 0.3) is 0 Å². The van der Waals surface area contributed by atoms with Crippen molar-refractivity contribution in [1.29, 1.82) is 0 Å². The van der Waals surface area contributed by atoms with Gasteiger partial charge in [-0.3, -0.25) is 0 Å². The summed E-state index contributed by atoms with van der Waals surface area (Å²) in [6, 6.07) is 0. The molecule has 3 heterocycles. The maximum absolute atomic E-state index is 9.94. The fraction of sp³-hybridized carbons (Fsp3) is 0.500. The van der Waals surface area contributed by atoms with Crippen molar-refractivity contribution >= 4 is 11.6 Å². The fourth-order valence-electron chi connectivity index (χ4n) is 2.19. The summed E-state index contributed by atoms with van der Waals surface area (Å²) >= 11 is 0. The maximum atomic E-state index is 9.94. The highest BCUT2D eigenvalue weighted by Crippen LogP contribution is 2.34. The van der Waals surface area contributed by atoms with Crippen molar-refractivity contribution in [2.45, 2.75) is 24.7 Å². The van der Waals surface area contributed by atoms with Crippen molar-refractivity contribution in [1.82, 2.24) is 19.6 Å². The van der Waals surface area contributed by atoms with Gasteiger partial charge in [-0.1, -0.05) is 0 Å². The van der Waals surface area contributed by atoms with E-state index in [-0.39, 0.29) is 18.7 Å². The molecule has 1 aliphatic heterocycles. The smallest absolute Gasteiger partial charge is 0.224 e. The molecule has 0 saturated carbocycles. The Kier molecular flexibility index (Phi) is 2.62. The average molecular weight is 251 g/mol. The van der Waals surface area contributed by atoms with Crippen molar-refractivity contribution in [3.05, 3.63) is 18.1 Å². The molecule has 1 aliphatic rings. The number of rotatable bonds is 2. The van der Waals surface area contributed by atoms with E-state index in [4.69, 9.17) is 15.6 Å². The number of hydrogen-bond donors (Lipinski definition) is 3. The van der Waals surface area contributed by atoms with Crippen LogP contribution in [0.1, 0.15) is 18.1 Å². The Bertz CT molecular complexity index is 572. The molecule has 0 aromatic carbocycles. The molecular formula is C10H13N5O3. The molecular weight excluding hydrogens is 238 g/mol. The third-order valence-corrected chi connectivity index (χ3v) is 3.06. The summed E-state index contributed by atoms with van der Waals surface area (Å²) < 4.78 is 6.95. The lowest BCUT2D eigenvalue weighted by molar-refractivity contribution is -0.0101. The molecule has 3 rings (SSSR count). The lowest BCUT2D eigenvalue weighted by Gasteiger charge is -2.12. The molecule has 2 aromatic heterocycles. The predicted octanol–water partition coefficient (Wildman–Crippen LogP) is -1.11. The quantitative estimate of drug-likeness (QED) is 0.619. The molecule has 18 heavy (non-hydrogen) atoms. The highest BCUT2D eigenvalue weighted by atomic mass is 16.5. The van der Waals surface area contributed by atoms with Crippen molar-refractivity contribution in [2.75, 3.05) is 12.3 Å². The Morgan fingerprint density at radius 2 is 2.33 bits per heavy atom. The molecule has 0 aliphatic carbocycles. The molecule has 1 fully saturated rings. The van der Waals surface area contributed by atoms with Gasteiger partial charge < -0.3 is 20.7 Å². The standard InChI is InChI=1S/C10H13N5O3/c11-10-13-4-12-9-6(2-14-15(9)10)8-7(17)1-5(3-16)18-8/h2,4-5,7-8,16-17H,1,3H2,(H2,11,12,13)/t5-,7+,8-/m0/s1. The van der Waals surface area contributed by atoms with E-state index < -0.39 is 12.2 Å². The highest BCUT2D eigenvalue weighted by Gasteiger charge is 2.36. The molecule has 0 bridgehead atoms. The van der Waals surface area contributed by atoms with Gasteiger partial charge in [0, 0.05) is 12.0 Å². The van der Waals surface area contributed by atoms with Gasteiger partial charge in [0.05, 0.1) is 25.0 Å². The minimum absolute atomic E-state index is 0.121. The summed E-state index contributed by atoms with van der Waals surface area (Å²) in [7, 11) is 0. The fourth-order valence-corrected chi connectivity index (χ4v) is 2.19. The van der Waals surface area contributed by atoms with Gasteiger partial charge in [-0.05, 0) is 0 Å². The van der Waals surface area contributed by atoms with Crippen LogP contribution in [0.5, 0.6) is 0 Å². The van der Waals surface area contributed by atoms with Crippen LogP contribution in [0, 0.1) is 0 Å². The molecule has 0 amide bonds. The zero-order chi connectivity index (χ0) is 12.7. The van der Waals surface area contributed by atoms with Gasteiger partial charge in [0.15, 0.2) is 5.65 Å². The first kappa shape index (κ1) is 11.3. The second kappa shape index (κ2) is 4.16. The van der Waals surface area contributed by atoms with Gasteiger partial charge >= 0.3 is 0 Å². The van der Waals surface area contributed by atoms with Crippen molar-refractivity contribution in [3.63, 3.8) is 0 Å². The molecule has 2 aromatic rings. The van der Waals surface area contributed by atoms with Crippen molar-refractivity contribution in [3.8, 4) is 0 Å². The summed E-state index contributed by atoms with van der Waals surface area (Å²) in [5.74, 6) is 0.220. The summed E-state index contributed by atoms with van der Waals surface area (Å²) in [6.07, 6.45) is 1.67. The van der Waals surface area contributed by atoms with Crippen LogP contribution in [-0.2, 0) is 4.74 Å². The molecule has 4 N–H and O–H groups in total. The van der Waals surface area contributed by atoms with Crippen LogP contribution in [0.3, 0.4) is 0 Å². The third kappa shape index (κ3) is 1.62. The third-order valence-electron chi connectivity index (χ3n) is 3.06. The first-order valence-electron chi connectivity index (χ1n) is 5.59. The minimum atomic E-state index is -0.689. The number of anilines is 1. The first-order valence-corrected chi connectivity index (χ1v) is 5.59. The zero-order valence-corrected chi connectivity index (χ0v) is 9.47. The van der Waals surface area contributed by atoms with Crippen molar-refractivity contribution < 1.29 is 14.9 Å². The Balaban J connectivity index is 2.02. The second-order valence-electron chi connectivity index (χ2n) is 4.23. The van der Waals surface area contributed by atoms with Gasteiger partial charge in [-0.15, -0.1) is 0 Å². The monoisotopic (exact) mass is 251 g/mol. The van der Waals surface area contributed by atoms with Crippen LogP contribution in [-0.4, -0.2) is 48.6 Å². The molecule has 3 atom stereocenters. The zero-order valence-electron chi connectivity index (χ0n) is 9.47. The summed E-state index contributed by atoms with van der Waals surface area (Å²) in [5, 5.41) is 23.1. The van der Waals surface area contributed by atoms with Gasteiger partial charge in [-0.2, -0.15) is 9.61 Å². The van der Waals surface area contributed by atoms with Gasteiger partial charge in [-0.25, -0.2) is 9.97 Å². The van der Waals surface area contributed by atoms with E-state index >= 15 is 0 Å². The molecule has 8 nitrogen and oxygen atoms in total. The van der Waals surface area contributed by atoms with Crippen LogP contribution in [0.25, 0.3) is 5.65 Å². The molecule has 0 radical (unpaired) electrons. The van der Waals surface area contributed by atoms with E-state index in [1.807, 2.05) is 0 Å². The second-order valence-corrected chi connectivity index (χ2v) is 4.23. The number of ether oxygens (including phenoxy) is 1. The van der Waals surface area contributed by atoms with Crippen molar-refractivity contribution in [2.24, 2.45) is 0 Å². The van der Waals surface area contributed by atoms with Crippen LogP contribution >= 0.6 is 0 Å². The predicted molar refractivity (Wildman–Crippen MR) is 60.5 cm³/mol. The molecule has 8 heteroatoms. The number of aliphatic hydroxyl groups is 2. The number of aromatic nitrogens is 4. The van der Waals surface area contributed by atoms with E-state index in [9.17, 15) is 5.11 Å². The minimum Gasteiger partial charge on any atom is -0.394 e. The van der Waals surface area contributed by atoms with Crippen LogP contribution in [0.2, 0.25) is 0 Å². The summed E-state index contributed by atoms with van der Waals surface area (Å²) in [6.45, 7) is -0.121. The van der Waals surface area contributed by atoms with Crippen LogP contribution in [0.15, 0.2) is 12.5 Å². The van der Waals surface area contributed by atoms with Crippen LogP contribution in [0.4, 0.5) is 5.95 Å². The van der Waals surface area contributed by atoms with E-state index in [2.05, 4.69) is 15.1 Å². The SMILES string of the molecule is Nc1ncnc2c([C@@H]3O[C@H](CO)C[C@H]3O)cnn12. The molecule has 0 unspecified atom stereocenters. The normalized spacial score (nSPS) is 28.0. The lowest BCUT2D eigenvalue weighted by atomic mass is 10.1. The number of nitrogens with two attached hydrogens (primary N) is 1. The number of fused-ring (bicyclic) bond motifs is 1.